The third kappa shape index (κ3) is 1.89. The number of imidazole rings is 1. The van der Waals surface area contributed by atoms with E-state index in [1.165, 1.54) is 28.4 Å². The zero-order valence-corrected chi connectivity index (χ0v) is 10.3. The number of aldehydes is 1. The molecule has 0 saturated carbocycles. The topological polar surface area (TPSA) is 85.1 Å². The Kier molecular flexibility index (Phi) is 2.60. The Morgan fingerprint density at radius 2 is 2.26 bits per heavy atom. The summed E-state index contributed by atoms with van der Waals surface area (Å²) in [6, 6.07) is 3.54. The molecule has 3 rings (SSSR count). The largest absolute Gasteiger partial charge is 0.476 e. The van der Waals surface area contributed by atoms with Gasteiger partial charge in [-0.2, -0.15) is 0 Å². The first-order chi connectivity index (χ1) is 9.19. The number of carboxylic acid groups (broad SMARTS) is 1. The Bertz CT molecular complexity index is 790. The number of hydrogen-bond acceptors (Lipinski definition) is 5. The highest BCUT2D eigenvalue weighted by Gasteiger charge is 2.12. The molecule has 0 amide bonds. The Balaban J connectivity index is 2.20. The molecule has 0 unspecified atom stereocenters. The number of nitrogens with zero attached hydrogens (tertiary/aromatic N) is 3. The van der Waals surface area contributed by atoms with Crippen LogP contribution in [0.5, 0.6) is 0 Å². The summed E-state index contributed by atoms with van der Waals surface area (Å²) in [7, 11) is 0. The molecule has 0 bridgehead atoms. The van der Waals surface area contributed by atoms with Crippen molar-refractivity contribution in [3.63, 3.8) is 0 Å². The van der Waals surface area contributed by atoms with E-state index >= 15 is 0 Å². The average molecular weight is 273 g/mol. The fourth-order valence-electron chi connectivity index (χ4n) is 1.78. The van der Waals surface area contributed by atoms with Crippen molar-refractivity contribution in [3.8, 4) is 5.82 Å². The van der Waals surface area contributed by atoms with E-state index in [-0.39, 0.29) is 5.69 Å². The first-order valence-corrected chi connectivity index (χ1v) is 6.12. The van der Waals surface area contributed by atoms with Gasteiger partial charge in [0.1, 0.15) is 12.1 Å². The van der Waals surface area contributed by atoms with Gasteiger partial charge in [-0.15, -0.1) is 11.3 Å². The minimum atomic E-state index is -1.09. The molecule has 3 heterocycles. The van der Waals surface area contributed by atoms with Crippen LogP contribution in [0.1, 0.15) is 20.2 Å². The lowest BCUT2D eigenvalue weighted by Crippen LogP contribution is -1.97. The number of pyridine rings is 1. The van der Waals surface area contributed by atoms with E-state index in [1.54, 1.807) is 12.3 Å². The number of carbonyl (C=O) groups is 2. The molecule has 3 aromatic rings. The Hall–Kier alpha value is -2.54. The predicted molar refractivity (Wildman–Crippen MR) is 69.1 cm³/mol. The highest BCUT2D eigenvalue weighted by atomic mass is 32.1. The third-order valence-corrected chi connectivity index (χ3v) is 3.63. The van der Waals surface area contributed by atoms with E-state index in [9.17, 15) is 9.59 Å². The number of aromatic nitrogens is 3. The summed E-state index contributed by atoms with van der Waals surface area (Å²) >= 11 is 1.36. The molecule has 0 aromatic carbocycles. The zero-order chi connectivity index (χ0) is 13.4. The highest BCUT2D eigenvalue weighted by Crippen LogP contribution is 2.28. The maximum Gasteiger partial charge on any atom is 0.356 e. The molecule has 94 valence electrons. The summed E-state index contributed by atoms with van der Waals surface area (Å²) in [6.45, 7) is 0. The average Bonchev–Trinajstić information content (AvgIpc) is 3.04. The molecule has 0 aliphatic rings. The molecule has 0 saturated heterocycles. The third-order valence-electron chi connectivity index (χ3n) is 2.61. The van der Waals surface area contributed by atoms with Gasteiger partial charge in [0.25, 0.3) is 0 Å². The van der Waals surface area contributed by atoms with E-state index in [4.69, 9.17) is 5.11 Å². The number of fused-ring (bicyclic) bond motifs is 1. The minimum absolute atomic E-state index is 0.0513. The van der Waals surface area contributed by atoms with Crippen molar-refractivity contribution < 1.29 is 14.7 Å². The van der Waals surface area contributed by atoms with E-state index in [1.807, 2.05) is 6.07 Å². The van der Waals surface area contributed by atoms with Gasteiger partial charge in [-0.05, 0) is 12.1 Å². The highest BCUT2D eigenvalue weighted by molar-refractivity contribution is 7.20. The summed E-state index contributed by atoms with van der Waals surface area (Å²) in [4.78, 5) is 30.2. The van der Waals surface area contributed by atoms with Crippen molar-refractivity contribution in [2.45, 2.75) is 0 Å². The van der Waals surface area contributed by atoms with E-state index in [0.717, 1.165) is 16.4 Å². The lowest BCUT2D eigenvalue weighted by atomic mass is 10.3. The number of carboxylic acids is 1. The molecular formula is C12H7N3O3S. The Morgan fingerprint density at radius 1 is 1.42 bits per heavy atom. The smallest absolute Gasteiger partial charge is 0.356 e. The molecule has 0 fully saturated rings. The molecule has 6 nitrogen and oxygen atoms in total. The van der Waals surface area contributed by atoms with Crippen LogP contribution in [0.3, 0.4) is 0 Å². The van der Waals surface area contributed by atoms with Gasteiger partial charge in [0.15, 0.2) is 12.0 Å². The molecule has 0 atom stereocenters. The second-order valence-corrected chi connectivity index (χ2v) is 4.90. The lowest BCUT2D eigenvalue weighted by Gasteiger charge is -2.01. The van der Waals surface area contributed by atoms with Crippen LogP contribution < -0.4 is 0 Å². The van der Waals surface area contributed by atoms with Crippen LogP contribution in [0.25, 0.3) is 15.9 Å². The Morgan fingerprint density at radius 3 is 2.95 bits per heavy atom. The van der Waals surface area contributed by atoms with Crippen LogP contribution >= 0.6 is 11.3 Å². The normalized spacial score (nSPS) is 10.7. The number of carbonyl (C=O) groups excluding carboxylic acids is 1. The number of rotatable bonds is 3. The van der Waals surface area contributed by atoms with Gasteiger partial charge in [0, 0.05) is 22.5 Å². The molecule has 7 heteroatoms. The van der Waals surface area contributed by atoms with Gasteiger partial charge < -0.3 is 5.11 Å². The maximum atomic E-state index is 10.8. The summed E-state index contributed by atoms with van der Waals surface area (Å²) in [5, 5.41) is 9.66. The van der Waals surface area contributed by atoms with E-state index in [0.29, 0.717) is 10.7 Å². The van der Waals surface area contributed by atoms with Crippen LogP contribution in [0.2, 0.25) is 0 Å². The van der Waals surface area contributed by atoms with Gasteiger partial charge in [-0.25, -0.2) is 14.8 Å². The second-order valence-electron chi connectivity index (χ2n) is 3.78. The van der Waals surface area contributed by atoms with E-state index < -0.39 is 5.97 Å². The molecule has 0 spiro atoms. The standard InChI is InChI=1S/C12H7N3O3S/c16-5-7-3-8-10(19-7)1-2-13-11(8)15-4-9(12(17)18)14-6-15/h1-6H,(H,17,18). The van der Waals surface area contributed by atoms with E-state index in [2.05, 4.69) is 9.97 Å². The van der Waals surface area contributed by atoms with Crippen LogP contribution in [0.4, 0.5) is 0 Å². The first kappa shape index (κ1) is 11.5. The number of hydrogen-bond donors (Lipinski definition) is 1. The Labute approximate surface area is 111 Å². The van der Waals surface area contributed by atoms with Gasteiger partial charge >= 0.3 is 5.97 Å². The van der Waals surface area contributed by atoms with Crippen molar-refractivity contribution in [1.29, 1.82) is 0 Å². The number of thiophene rings is 1. The van der Waals surface area contributed by atoms with Crippen molar-refractivity contribution in [2.75, 3.05) is 0 Å². The quantitative estimate of drug-likeness (QED) is 0.738. The molecule has 19 heavy (non-hydrogen) atoms. The van der Waals surface area contributed by atoms with Crippen molar-refractivity contribution in [1.82, 2.24) is 14.5 Å². The molecule has 1 N–H and O–H groups in total. The van der Waals surface area contributed by atoms with Crippen LogP contribution in [-0.4, -0.2) is 31.9 Å². The molecule has 0 aliphatic heterocycles. The zero-order valence-electron chi connectivity index (χ0n) is 9.48. The van der Waals surface area contributed by atoms with Crippen LogP contribution in [0, 0.1) is 0 Å². The molecule has 3 aromatic heterocycles. The second kappa shape index (κ2) is 4.29. The van der Waals surface area contributed by atoms with Crippen molar-refractivity contribution >= 4 is 33.7 Å². The van der Waals surface area contributed by atoms with Crippen LogP contribution in [0.15, 0.2) is 30.9 Å². The molecular weight excluding hydrogens is 266 g/mol. The fourth-order valence-corrected chi connectivity index (χ4v) is 2.65. The van der Waals surface area contributed by atoms with Gasteiger partial charge in [-0.1, -0.05) is 0 Å². The maximum absolute atomic E-state index is 10.8. The van der Waals surface area contributed by atoms with Crippen molar-refractivity contribution in [2.24, 2.45) is 0 Å². The van der Waals surface area contributed by atoms with Gasteiger partial charge in [0.05, 0.1) is 4.88 Å². The predicted octanol–water partition coefficient (Wildman–Crippen LogP) is 1.99. The summed E-state index contributed by atoms with van der Waals surface area (Å²) in [5.74, 6) is -0.535. The summed E-state index contributed by atoms with van der Waals surface area (Å²) in [6.07, 6.45) is 5.18. The lowest BCUT2D eigenvalue weighted by molar-refractivity contribution is 0.0691. The SMILES string of the molecule is O=Cc1cc2c(-n3cnc(C(=O)O)c3)nccc2s1. The monoisotopic (exact) mass is 273 g/mol. The van der Waals surface area contributed by atoms with Gasteiger partial charge in [-0.3, -0.25) is 9.36 Å². The first-order valence-electron chi connectivity index (χ1n) is 5.30. The summed E-state index contributed by atoms with van der Waals surface area (Å²) < 4.78 is 2.45. The van der Waals surface area contributed by atoms with Crippen molar-refractivity contribution in [3.05, 3.63) is 41.4 Å². The van der Waals surface area contributed by atoms with Crippen LogP contribution in [-0.2, 0) is 0 Å². The number of aromatic carboxylic acids is 1. The molecule has 0 radical (unpaired) electrons. The fraction of sp³-hybridized carbons (Fsp3) is 0. The minimum Gasteiger partial charge on any atom is -0.476 e. The summed E-state index contributed by atoms with van der Waals surface area (Å²) in [5.41, 5.74) is -0.0513. The van der Waals surface area contributed by atoms with Gasteiger partial charge in [0.2, 0.25) is 0 Å². The molecule has 0 aliphatic carbocycles.